The number of amides is 2. The van der Waals surface area contributed by atoms with E-state index < -0.39 is 59.6 Å². The largest absolute Gasteiger partial charge is 0.481 e. The van der Waals surface area contributed by atoms with Crippen LogP contribution in [0.5, 0.6) is 0 Å². The number of hydrogen-bond acceptors (Lipinski definition) is 14. The summed E-state index contributed by atoms with van der Waals surface area (Å²) in [5.74, 6) is -3.04. The molecule has 0 aliphatic rings. The van der Waals surface area contributed by atoms with E-state index in [-0.39, 0.29) is 50.9 Å². The van der Waals surface area contributed by atoms with E-state index in [0.717, 1.165) is 12.1 Å². The van der Waals surface area contributed by atoms with Crippen molar-refractivity contribution in [1.82, 2.24) is 0 Å². The van der Waals surface area contributed by atoms with Gasteiger partial charge in [0.2, 0.25) is 0 Å². The van der Waals surface area contributed by atoms with Gasteiger partial charge >= 0.3 is 24.1 Å². The Balaban J connectivity index is 1.96. The van der Waals surface area contributed by atoms with Gasteiger partial charge < -0.3 is 48.9 Å². The van der Waals surface area contributed by atoms with Crippen molar-refractivity contribution < 1.29 is 57.4 Å². The number of carboxylic acids is 1. The Bertz CT molecular complexity index is 1850. The Hall–Kier alpha value is -5.41. The first-order chi connectivity index (χ1) is 29.6. The van der Waals surface area contributed by atoms with Gasteiger partial charge in [0.05, 0.1) is 48.1 Å². The monoisotopic (exact) mass is 883 g/mol. The summed E-state index contributed by atoms with van der Waals surface area (Å²) < 4.78 is 40.5. The fourth-order valence-corrected chi connectivity index (χ4v) is 5.47. The first kappa shape index (κ1) is 53.7. The molecule has 0 fully saturated rings. The molecule has 17 heteroatoms. The normalized spacial score (nSPS) is 14.4. The third kappa shape index (κ3) is 19.3. The van der Waals surface area contributed by atoms with E-state index >= 15 is 0 Å². The van der Waals surface area contributed by atoms with Gasteiger partial charge in [0.25, 0.3) is 0 Å². The molecule has 2 rings (SSSR count). The number of nitrogens with zero attached hydrogens (tertiary/aromatic N) is 1. The van der Waals surface area contributed by atoms with Crippen molar-refractivity contribution in [2.75, 3.05) is 61.2 Å². The van der Waals surface area contributed by atoms with Crippen molar-refractivity contribution in [1.29, 1.82) is 5.26 Å². The first-order valence-electron chi connectivity index (χ1n) is 21.2. The summed E-state index contributed by atoms with van der Waals surface area (Å²) in [6, 6.07) is 15.6. The summed E-state index contributed by atoms with van der Waals surface area (Å²) in [4.78, 5) is 50.1. The molecule has 5 N–H and O–H groups in total. The Kier molecular flexibility index (Phi) is 21.9. The molecule has 4 atom stereocenters. The Morgan fingerprint density at radius 3 is 1.63 bits per heavy atom. The Labute approximate surface area is 372 Å². The van der Waals surface area contributed by atoms with E-state index in [4.69, 9.17) is 38.4 Å². The second-order valence-electron chi connectivity index (χ2n) is 16.6. The molecule has 0 radical (unpaired) electrons. The number of ether oxygens (including phenoxy) is 7. The topological polar surface area (TPSA) is 225 Å². The number of rotatable bonds is 29. The molecular formula is C46H69N5O12. The Morgan fingerprint density at radius 1 is 0.667 bits per heavy atom. The molecule has 2 amide bonds. The maximum atomic E-state index is 12.8. The lowest BCUT2D eigenvalue weighted by molar-refractivity contribution is -0.202. The van der Waals surface area contributed by atoms with Gasteiger partial charge in [0.15, 0.2) is 6.10 Å². The third-order valence-electron chi connectivity index (χ3n) is 11.0. The summed E-state index contributed by atoms with van der Waals surface area (Å²) in [6.07, 6.45) is -0.318. The SMILES string of the molecule is C=C(C#N)CC(=O)OC(COC(=O)Nc1cccc(NCOC(C)(CC)C(C)(CC)OCC(COC(=O)Nc2cccc(NCOC(C)(C)CC)c2)C(=O)O)c1)COC(C)(C)CC. The predicted octanol–water partition coefficient (Wildman–Crippen LogP) is 9.09. The number of anilines is 4. The van der Waals surface area contributed by atoms with Crippen LogP contribution in [0.1, 0.15) is 101 Å². The summed E-state index contributed by atoms with van der Waals surface area (Å²) in [6.45, 7) is 22.1. The van der Waals surface area contributed by atoms with Gasteiger partial charge in [-0.05, 0) is 104 Å². The standard InChI is InChI=1S/C46H69N5O12/c1-12-43(6,7)59-29-38(63-39(52)22-32(5)25-47)28-58-42(56)51-37-21-17-19-35(24-37)49-31-62-46(11,15-4)45(10,14-3)60-27-33(40(53)54)26-57-41(55)50-36-20-16-18-34(23-36)48-30-61-44(8,9)13-2/h16-21,23-24,33,38,48-49H,5,12-15,22,26-31H2,1-4,6-11H3,(H,50,55)(H,51,56)(H,53,54). The van der Waals surface area contributed by atoms with Crippen LogP contribution in [-0.4, -0.2) is 97.6 Å². The van der Waals surface area contributed by atoms with Crippen LogP contribution in [0, 0.1) is 17.2 Å². The molecule has 0 aliphatic heterocycles. The number of nitriles is 1. The van der Waals surface area contributed by atoms with Crippen LogP contribution in [0.3, 0.4) is 0 Å². The van der Waals surface area contributed by atoms with Crippen molar-refractivity contribution in [3.05, 3.63) is 60.7 Å². The van der Waals surface area contributed by atoms with Gasteiger partial charge in [-0.15, -0.1) is 0 Å². The van der Waals surface area contributed by atoms with E-state index in [0.29, 0.717) is 36.3 Å². The molecule has 0 aromatic heterocycles. The molecule has 0 heterocycles. The zero-order valence-electron chi connectivity index (χ0n) is 38.6. The van der Waals surface area contributed by atoms with Gasteiger partial charge in [0, 0.05) is 28.3 Å². The minimum absolute atomic E-state index is 0.0304. The van der Waals surface area contributed by atoms with Crippen LogP contribution in [0.2, 0.25) is 0 Å². The number of esters is 1. The first-order valence-corrected chi connectivity index (χ1v) is 21.2. The van der Waals surface area contributed by atoms with E-state index in [1.165, 1.54) is 0 Å². The maximum Gasteiger partial charge on any atom is 0.411 e. The molecule has 63 heavy (non-hydrogen) atoms. The third-order valence-corrected chi connectivity index (χ3v) is 11.0. The van der Waals surface area contributed by atoms with E-state index in [9.17, 15) is 24.3 Å². The van der Waals surface area contributed by atoms with Gasteiger partial charge in [-0.1, -0.05) is 46.4 Å². The van der Waals surface area contributed by atoms with Crippen molar-refractivity contribution >= 4 is 46.9 Å². The average Bonchev–Trinajstić information content (AvgIpc) is 3.24. The highest BCUT2D eigenvalue weighted by atomic mass is 16.6. The van der Waals surface area contributed by atoms with Crippen LogP contribution in [0.15, 0.2) is 60.7 Å². The lowest BCUT2D eigenvalue weighted by atomic mass is 9.81. The Morgan fingerprint density at radius 2 is 1.14 bits per heavy atom. The molecule has 0 spiro atoms. The fraction of sp³-hybridized carbons (Fsp3) is 0.587. The maximum absolute atomic E-state index is 12.8. The van der Waals surface area contributed by atoms with Gasteiger partial charge in [-0.25, -0.2) is 9.59 Å². The summed E-state index contributed by atoms with van der Waals surface area (Å²) in [5, 5.41) is 30.6. The number of aliphatic carboxylic acids is 1. The second-order valence-corrected chi connectivity index (χ2v) is 16.6. The van der Waals surface area contributed by atoms with Gasteiger partial charge in [-0.3, -0.25) is 20.2 Å². The number of nitrogens with one attached hydrogen (secondary N) is 4. The van der Waals surface area contributed by atoms with Crippen LogP contribution in [0.4, 0.5) is 32.3 Å². The molecule has 17 nitrogen and oxygen atoms in total. The van der Waals surface area contributed by atoms with Crippen LogP contribution < -0.4 is 21.3 Å². The smallest absolute Gasteiger partial charge is 0.411 e. The number of hydrogen-bond donors (Lipinski definition) is 5. The average molecular weight is 884 g/mol. The molecule has 0 saturated carbocycles. The van der Waals surface area contributed by atoms with Crippen LogP contribution in [0.25, 0.3) is 0 Å². The highest BCUT2D eigenvalue weighted by Gasteiger charge is 2.45. The lowest BCUT2D eigenvalue weighted by Crippen LogP contribution is -2.54. The van der Waals surface area contributed by atoms with E-state index in [2.05, 4.69) is 27.8 Å². The lowest BCUT2D eigenvalue weighted by Gasteiger charge is -2.45. The van der Waals surface area contributed by atoms with Crippen molar-refractivity contribution in [2.24, 2.45) is 5.92 Å². The van der Waals surface area contributed by atoms with Crippen molar-refractivity contribution in [3.63, 3.8) is 0 Å². The van der Waals surface area contributed by atoms with E-state index in [1.54, 1.807) is 48.5 Å². The number of carbonyl (C=O) groups is 4. The highest BCUT2D eigenvalue weighted by Crippen LogP contribution is 2.36. The van der Waals surface area contributed by atoms with E-state index in [1.807, 2.05) is 75.3 Å². The molecular weight excluding hydrogens is 815 g/mol. The highest BCUT2D eigenvalue weighted by molar-refractivity contribution is 5.86. The summed E-state index contributed by atoms with van der Waals surface area (Å²) in [7, 11) is 0. The molecule has 0 aliphatic carbocycles. The number of carboxylic acid groups (broad SMARTS) is 1. The molecule has 2 aromatic rings. The fourth-order valence-electron chi connectivity index (χ4n) is 5.47. The number of carbonyl (C=O) groups excluding carboxylic acids is 3. The van der Waals surface area contributed by atoms with Crippen molar-refractivity contribution in [2.45, 2.75) is 130 Å². The van der Waals surface area contributed by atoms with Gasteiger partial charge in [-0.2, -0.15) is 5.26 Å². The van der Waals surface area contributed by atoms with Crippen LogP contribution >= 0.6 is 0 Å². The minimum Gasteiger partial charge on any atom is -0.481 e. The zero-order valence-corrected chi connectivity index (χ0v) is 38.6. The molecule has 0 bridgehead atoms. The molecule has 4 unspecified atom stereocenters. The minimum atomic E-state index is -1.19. The zero-order chi connectivity index (χ0) is 47.3. The van der Waals surface area contributed by atoms with Gasteiger partial charge in [0.1, 0.15) is 32.6 Å². The summed E-state index contributed by atoms with van der Waals surface area (Å²) >= 11 is 0. The quantitative estimate of drug-likeness (QED) is 0.0222. The second kappa shape index (κ2) is 25.6. The predicted molar refractivity (Wildman–Crippen MR) is 240 cm³/mol. The number of benzene rings is 2. The van der Waals surface area contributed by atoms with Crippen molar-refractivity contribution in [3.8, 4) is 6.07 Å². The molecule has 350 valence electrons. The molecule has 0 saturated heterocycles. The summed E-state index contributed by atoms with van der Waals surface area (Å²) in [5.41, 5.74) is -0.407. The molecule has 2 aromatic carbocycles. The van der Waals surface area contributed by atoms with Crippen LogP contribution in [-0.2, 0) is 42.7 Å².